The third-order valence-corrected chi connectivity index (χ3v) is 10.4. The lowest BCUT2D eigenvalue weighted by molar-refractivity contribution is 0.738. The predicted octanol–water partition coefficient (Wildman–Crippen LogP) is 11.6. The normalized spacial score (nSPS) is 13.7. The van der Waals surface area contributed by atoms with Gasteiger partial charge in [0.1, 0.15) is 0 Å². The lowest BCUT2D eigenvalue weighted by atomic mass is 9.78. The van der Waals surface area contributed by atoms with Crippen LogP contribution in [0.25, 0.3) is 71.8 Å². The van der Waals surface area contributed by atoms with Crippen molar-refractivity contribution in [2.24, 2.45) is 4.99 Å². The average Bonchev–Trinajstić information content (AvgIpc) is 3.65. The second-order valence-corrected chi connectivity index (χ2v) is 13.7. The minimum atomic E-state index is -0.237. The number of rotatable bonds is 4. The molecule has 9 aromatic rings. The number of para-hydroxylation sites is 2. The zero-order chi connectivity index (χ0) is 33.4. The van der Waals surface area contributed by atoms with Crippen LogP contribution in [0, 0.1) is 0 Å². The first kappa shape index (κ1) is 28.6. The maximum absolute atomic E-state index is 5.39. The van der Waals surface area contributed by atoms with E-state index in [0.29, 0.717) is 5.95 Å². The van der Waals surface area contributed by atoms with E-state index in [1.54, 1.807) is 0 Å². The summed E-state index contributed by atoms with van der Waals surface area (Å²) in [5, 5.41) is 5.79. The van der Waals surface area contributed by atoms with E-state index in [2.05, 4.69) is 170 Å². The second-order valence-electron chi connectivity index (χ2n) is 13.7. The van der Waals surface area contributed by atoms with Crippen LogP contribution in [-0.4, -0.2) is 20.2 Å². The highest BCUT2D eigenvalue weighted by molar-refractivity contribution is 6.21. The highest BCUT2D eigenvalue weighted by Gasteiger charge is 2.37. The quantitative estimate of drug-likeness (QED) is 0.192. The van der Waals surface area contributed by atoms with Crippen molar-refractivity contribution in [3.8, 4) is 28.3 Å². The molecule has 1 aliphatic heterocycles. The van der Waals surface area contributed by atoms with Crippen LogP contribution in [0.15, 0.2) is 163 Å². The number of fused-ring (bicyclic) bond motifs is 7. The Morgan fingerprint density at radius 3 is 2.02 bits per heavy atom. The van der Waals surface area contributed by atoms with Gasteiger partial charge in [0.05, 0.1) is 33.6 Å². The third kappa shape index (κ3) is 4.21. The highest BCUT2D eigenvalue weighted by atomic mass is 15.2. The van der Waals surface area contributed by atoms with Gasteiger partial charge in [-0.15, -0.1) is 0 Å². The SMILES string of the molecule is CC1(C)C(c2ccccc2)=Nc2c1ccc1c2c2ccccc2n1-c1nc(-c2ccc(-c3cccc4ccccc34)cc2)c2ccccc2n1. The Morgan fingerprint density at radius 2 is 1.18 bits per heavy atom. The monoisotopic (exact) mass is 640 g/mol. The van der Waals surface area contributed by atoms with Crippen molar-refractivity contribution in [3.05, 3.63) is 169 Å². The molecule has 0 bridgehead atoms. The summed E-state index contributed by atoms with van der Waals surface area (Å²) >= 11 is 0. The molecule has 0 atom stereocenters. The summed E-state index contributed by atoms with van der Waals surface area (Å²) in [6.07, 6.45) is 0. The summed E-state index contributed by atoms with van der Waals surface area (Å²) in [4.78, 5) is 16.0. The number of hydrogen-bond donors (Lipinski definition) is 0. The van der Waals surface area contributed by atoms with E-state index in [1.807, 2.05) is 6.07 Å². The molecule has 0 saturated heterocycles. The Morgan fingerprint density at radius 1 is 0.500 bits per heavy atom. The summed E-state index contributed by atoms with van der Waals surface area (Å²) < 4.78 is 2.22. The van der Waals surface area contributed by atoms with Crippen molar-refractivity contribution in [2.45, 2.75) is 19.3 Å². The number of aliphatic imine (C=N–C) groups is 1. The minimum Gasteiger partial charge on any atom is -0.278 e. The van der Waals surface area contributed by atoms with Crippen molar-refractivity contribution >= 4 is 54.9 Å². The maximum Gasteiger partial charge on any atom is 0.235 e. The molecule has 0 radical (unpaired) electrons. The smallest absolute Gasteiger partial charge is 0.235 e. The molecule has 0 amide bonds. The fourth-order valence-corrected chi connectivity index (χ4v) is 7.95. The van der Waals surface area contributed by atoms with Gasteiger partial charge in [0.15, 0.2) is 0 Å². The van der Waals surface area contributed by atoms with Gasteiger partial charge in [0.2, 0.25) is 5.95 Å². The fourth-order valence-electron chi connectivity index (χ4n) is 7.95. The van der Waals surface area contributed by atoms with E-state index in [1.165, 1.54) is 27.5 Å². The fraction of sp³-hybridized carbons (Fsp3) is 0.0652. The van der Waals surface area contributed by atoms with Gasteiger partial charge < -0.3 is 0 Å². The predicted molar refractivity (Wildman–Crippen MR) is 208 cm³/mol. The summed E-state index contributed by atoms with van der Waals surface area (Å²) in [6.45, 7) is 4.56. The first-order valence-corrected chi connectivity index (χ1v) is 17.1. The van der Waals surface area contributed by atoms with Crippen molar-refractivity contribution in [3.63, 3.8) is 0 Å². The molecule has 0 saturated carbocycles. The van der Waals surface area contributed by atoms with Gasteiger partial charge in [-0.25, -0.2) is 9.97 Å². The van der Waals surface area contributed by atoms with E-state index in [9.17, 15) is 0 Å². The van der Waals surface area contributed by atoms with Crippen LogP contribution in [0.5, 0.6) is 0 Å². The topological polar surface area (TPSA) is 43.1 Å². The van der Waals surface area contributed by atoms with Gasteiger partial charge >= 0.3 is 0 Å². The van der Waals surface area contributed by atoms with E-state index < -0.39 is 0 Å². The molecule has 236 valence electrons. The Balaban J connectivity index is 1.18. The molecule has 1 aliphatic rings. The second kappa shape index (κ2) is 10.8. The Hall–Kier alpha value is -6.39. The lowest BCUT2D eigenvalue weighted by Gasteiger charge is -2.22. The number of aromatic nitrogens is 3. The summed E-state index contributed by atoms with van der Waals surface area (Å²) in [5.74, 6) is 0.646. The number of nitrogens with zero attached hydrogens (tertiary/aromatic N) is 4. The van der Waals surface area contributed by atoms with Gasteiger partial charge in [-0.1, -0.05) is 153 Å². The van der Waals surface area contributed by atoms with Crippen molar-refractivity contribution < 1.29 is 0 Å². The molecule has 3 heterocycles. The van der Waals surface area contributed by atoms with Gasteiger partial charge in [0.25, 0.3) is 0 Å². The Labute approximate surface area is 290 Å². The Kier molecular flexibility index (Phi) is 6.19. The third-order valence-electron chi connectivity index (χ3n) is 10.4. The first-order valence-electron chi connectivity index (χ1n) is 17.1. The van der Waals surface area contributed by atoms with Gasteiger partial charge in [-0.05, 0) is 51.2 Å². The van der Waals surface area contributed by atoms with Crippen LogP contribution in [0.3, 0.4) is 0 Å². The van der Waals surface area contributed by atoms with Crippen LogP contribution in [0.2, 0.25) is 0 Å². The van der Waals surface area contributed by atoms with Gasteiger partial charge in [-0.3, -0.25) is 9.56 Å². The van der Waals surface area contributed by atoms with E-state index in [0.717, 1.165) is 60.9 Å². The summed E-state index contributed by atoms with van der Waals surface area (Å²) in [7, 11) is 0. The highest BCUT2D eigenvalue weighted by Crippen LogP contribution is 2.49. The van der Waals surface area contributed by atoms with E-state index in [4.69, 9.17) is 15.0 Å². The Bertz CT molecular complexity index is 2820. The lowest BCUT2D eigenvalue weighted by Crippen LogP contribution is -2.26. The van der Waals surface area contributed by atoms with Crippen molar-refractivity contribution in [1.82, 2.24) is 14.5 Å². The van der Waals surface area contributed by atoms with Crippen LogP contribution >= 0.6 is 0 Å². The van der Waals surface area contributed by atoms with Crippen LogP contribution < -0.4 is 0 Å². The van der Waals surface area contributed by atoms with Crippen LogP contribution in [0.4, 0.5) is 5.69 Å². The summed E-state index contributed by atoms with van der Waals surface area (Å²) in [5.41, 5.74) is 11.7. The largest absolute Gasteiger partial charge is 0.278 e. The van der Waals surface area contributed by atoms with Crippen molar-refractivity contribution in [1.29, 1.82) is 0 Å². The van der Waals surface area contributed by atoms with Gasteiger partial charge in [-0.2, -0.15) is 0 Å². The van der Waals surface area contributed by atoms with E-state index in [-0.39, 0.29) is 5.41 Å². The maximum atomic E-state index is 5.39. The molecule has 0 spiro atoms. The molecular formula is C46H32N4. The molecule has 0 N–H and O–H groups in total. The zero-order valence-corrected chi connectivity index (χ0v) is 27.8. The molecule has 0 fully saturated rings. The molecule has 4 nitrogen and oxygen atoms in total. The number of hydrogen-bond acceptors (Lipinski definition) is 3. The first-order chi connectivity index (χ1) is 24.6. The summed E-state index contributed by atoms with van der Waals surface area (Å²) in [6, 6.07) is 55.8. The average molecular weight is 641 g/mol. The standard InChI is InChI=1S/C46H32N4/c1-46(2)37-27-28-40-41(43(37)48-44(46)32-14-4-3-5-15-32)36-19-9-11-22-39(36)50(40)45-47-38-21-10-8-18-35(38)42(49-45)31-25-23-30(24-26-31)34-20-12-16-29-13-6-7-17-33(29)34/h3-28H,1-2H3. The molecule has 0 aliphatic carbocycles. The number of benzene rings is 7. The molecule has 7 aromatic carbocycles. The van der Waals surface area contributed by atoms with Crippen molar-refractivity contribution in [2.75, 3.05) is 0 Å². The molecule has 4 heteroatoms. The van der Waals surface area contributed by atoms with E-state index >= 15 is 0 Å². The zero-order valence-electron chi connectivity index (χ0n) is 27.8. The molecule has 50 heavy (non-hydrogen) atoms. The molecular weight excluding hydrogens is 609 g/mol. The van der Waals surface area contributed by atoms with Crippen LogP contribution in [0.1, 0.15) is 25.0 Å². The minimum absolute atomic E-state index is 0.237. The van der Waals surface area contributed by atoms with Gasteiger partial charge in [0, 0.05) is 27.1 Å². The molecule has 0 unspecified atom stereocenters. The molecule has 2 aromatic heterocycles. The molecule has 10 rings (SSSR count). The van der Waals surface area contributed by atoms with Crippen LogP contribution in [-0.2, 0) is 5.41 Å².